The number of benzene rings is 2. The zero-order chi connectivity index (χ0) is 18.7. The maximum atomic E-state index is 12.2. The Hall–Kier alpha value is -2.29. The summed E-state index contributed by atoms with van der Waals surface area (Å²) in [4.78, 5) is 12.2. The summed E-state index contributed by atoms with van der Waals surface area (Å²) in [5.74, 6) is 1.23. The lowest BCUT2D eigenvalue weighted by molar-refractivity contribution is -0.144. The molecule has 134 valence electrons. The van der Waals surface area contributed by atoms with Crippen molar-refractivity contribution in [1.29, 1.82) is 0 Å². The van der Waals surface area contributed by atoms with Crippen LogP contribution in [0, 0.1) is 5.41 Å². The van der Waals surface area contributed by atoms with Crippen LogP contribution in [-0.2, 0) is 10.2 Å². The van der Waals surface area contributed by atoms with Crippen molar-refractivity contribution in [3.05, 3.63) is 59.7 Å². The normalized spacial score (nSPS) is 11.9. The average molecular weight is 340 g/mol. The molecule has 0 fully saturated rings. The van der Waals surface area contributed by atoms with E-state index in [4.69, 9.17) is 9.47 Å². The van der Waals surface area contributed by atoms with Gasteiger partial charge in [-0.25, -0.2) is 0 Å². The third-order valence-electron chi connectivity index (χ3n) is 5.03. The van der Waals surface area contributed by atoms with Crippen molar-refractivity contribution in [3.63, 3.8) is 0 Å². The van der Waals surface area contributed by atoms with E-state index in [0.29, 0.717) is 5.75 Å². The number of carbonyl (C=O) groups is 1. The highest BCUT2D eigenvalue weighted by atomic mass is 16.5. The zero-order valence-electron chi connectivity index (χ0n) is 16.1. The highest BCUT2D eigenvalue weighted by molar-refractivity contribution is 5.78. The fraction of sp³-hybridized carbons (Fsp3) is 0.409. The number of carbonyl (C=O) groups excluding carboxylic acids is 1. The summed E-state index contributed by atoms with van der Waals surface area (Å²) >= 11 is 0. The molecule has 0 radical (unpaired) electrons. The van der Waals surface area contributed by atoms with Gasteiger partial charge in [0, 0.05) is 5.41 Å². The summed E-state index contributed by atoms with van der Waals surface area (Å²) in [5, 5.41) is 0. The molecular weight excluding hydrogens is 312 g/mol. The SMILES string of the molecule is CCC(C)(C)C(=O)Oc1ccc(C(C)(C)c2ccc(OC)cc2)cc1. The maximum Gasteiger partial charge on any atom is 0.316 e. The molecule has 2 rings (SSSR count). The smallest absolute Gasteiger partial charge is 0.316 e. The quantitative estimate of drug-likeness (QED) is 0.524. The lowest BCUT2D eigenvalue weighted by Crippen LogP contribution is -2.28. The number of hydrogen-bond donors (Lipinski definition) is 0. The summed E-state index contributed by atoms with van der Waals surface area (Å²) in [6.07, 6.45) is 0.744. The molecule has 0 spiro atoms. The van der Waals surface area contributed by atoms with Gasteiger partial charge in [-0.15, -0.1) is 0 Å². The maximum absolute atomic E-state index is 12.2. The third kappa shape index (κ3) is 4.22. The molecule has 0 aromatic heterocycles. The van der Waals surface area contributed by atoms with E-state index in [1.54, 1.807) is 7.11 Å². The Morgan fingerprint density at radius 2 is 1.28 bits per heavy atom. The summed E-state index contributed by atoms with van der Waals surface area (Å²) in [6, 6.07) is 15.9. The van der Waals surface area contributed by atoms with E-state index < -0.39 is 5.41 Å². The van der Waals surface area contributed by atoms with Crippen molar-refractivity contribution < 1.29 is 14.3 Å². The second-order valence-corrected chi connectivity index (χ2v) is 7.50. The molecule has 3 heteroatoms. The highest BCUT2D eigenvalue weighted by Gasteiger charge is 2.28. The van der Waals surface area contributed by atoms with E-state index >= 15 is 0 Å². The van der Waals surface area contributed by atoms with Gasteiger partial charge in [-0.05, 0) is 55.7 Å². The minimum absolute atomic E-state index is 0.155. The lowest BCUT2D eigenvalue weighted by Gasteiger charge is -2.26. The molecule has 0 atom stereocenters. The van der Waals surface area contributed by atoms with Crippen LogP contribution < -0.4 is 9.47 Å². The van der Waals surface area contributed by atoms with E-state index in [9.17, 15) is 4.79 Å². The molecule has 0 aliphatic heterocycles. The average Bonchev–Trinajstić information content (AvgIpc) is 2.62. The van der Waals surface area contributed by atoms with Crippen LogP contribution in [0.15, 0.2) is 48.5 Å². The fourth-order valence-corrected chi connectivity index (χ4v) is 2.50. The molecule has 0 aliphatic carbocycles. The molecule has 0 saturated heterocycles. The van der Waals surface area contributed by atoms with Gasteiger partial charge < -0.3 is 9.47 Å². The topological polar surface area (TPSA) is 35.5 Å². The number of rotatable bonds is 6. The van der Waals surface area contributed by atoms with Crippen molar-refractivity contribution in [2.24, 2.45) is 5.41 Å². The predicted molar refractivity (Wildman–Crippen MR) is 101 cm³/mol. The molecule has 25 heavy (non-hydrogen) atoms. The van der Waals surface area contributed by atoms with Crippen LogP contribution in [0.5, 0.6) is 11.5 Å². The minimum atomic E-state index is -0.471. The number of hydrogen-bond acceptors (Lipinski definition) is 3. The lowest BCUT2D eigenvalue weighted by atomic mass is 9.78. The Bertz CT molecular complexity index is 710. The van der Waals surface area contributed by atoms with Gasteiger partial charge in [0.25, 0.3) is 0 Å². The fourth-order valence-electron chi connectivity index (χ4n) is 2.50. The molecule has 0 aliphatic rings. The molecule has 3 nitrogen and oxygen atoms in total. The largest absolute Gasteiger partial charge is 0.497 e. The van der Waals surface area contributed by atoms with Crippen LogP contribution >= 0.6 is 0 Å². The van der Waals surface area contributed by atoms with Crippen LogP contribution in [0.1, 0.15) is 52.2 Å². The summed E-state index contributed by atoms with van der Waals surface area (Å²) in [5.41, 5.74) is 1.73. The molecule has 0 bridgehead atoms. The zero-order valence-corrected chi connectivity index (χ0v) is 16.1. The van der Waals surface area contributed by atoms with Gasteiger partial charge >= 0.3 is 5.97 Å². The van der Waals surface area contributed by atoms with Crippen molar-refractivity contribution in [2.75, 3.05) is 7.11 Å². The number of ether oxygens (including phenoxy) is 2. The molecule has 2 aromatic carbocycles. The van der Waals surface area contributed by atoms with Gasteiger partial charge in [-0.3, -0.25) is 4.79 Å². The Morgan fingerprint density at radius 3 is 1.68 bits per heavy atom. The van der Waals surface area contributed by atoms with Crippen molar-refractivity contribution in [3.8, 4) is 11.5 Å². The van der Waals surface area contributed by atoms with Crippen LogP contribution in [0.3, 0.4) is 0 Å². The second kappa shape index (κ2) is 7.30. The van der Waals surface area contributed by atoms with Gasteiger partial charge in [0.05, 0.1) is 12.5 Å². The van der Waals surface area contributed by atoms with Gasteiger partial charge in [-0.2, -0.15) is 0 Å². The van der Waals surface area contributed by atoms with Crippen LogP contribution in [0.25, 0.3) is 0 Å². The summed E-state index contributed by atoms with van der Waals surface area (Å²) in [7, 11) is 1.67. The highest BCUT2D eigenvalue weighted by Crippen LogP contribution is 2.33. The second-order valence-electron chi connectivity index (χ2n) is 7.50. The molecule has 0 saturated carbocycles. The van der Waals surface area contributed by atoms with Crippen molar-refractivity contribution >= 4 is 5.97 Å². The third-order valence-corrected chi connectivity index (χ3v) is 5.03. The monoisotopic (exact) mass is 340 g/mol. The Morgan fingerprint density at radius 1 is 0.840 bits per heavy atom. The van der Waals surface area contributed by atoms with E-state index in [1.165, 1.54) is 5.56 Å². The number of methoxy groups -OCH3 is 1. The molecular formula is C22H28O3. The molecule has 0 amide bonds. The van der Waals surface area contributed by atoms with E-state index in [1.807, 2.05) is 57.2 Å². The first-order chi connectivity index (χ1) is 11.7. The minimum Gasteiger partial charge on any atom is -0.497 e. The first kappa shape index (κ1) is 19.0. The molecule has 2 aromatic rings. The van der Waals surface area contributed by atoms with Gasteiger partial charge in [0.1, 0.15) is 11.5 Å². The van der Waals surface area contributed by atoms with Crippen LogP contribution in [0.2, 0.25) is 0 Å². The van der Waals surface area contributed by atoms with E-state index in [2.05, 4.69) is 26.0 Å². The van der Waals surface area contributed by atoms with E-state index in [-0.39, 0.29) is 11.4 Å². The first-order valence-corrected chi connectivity index (χ1v) is 8.68. The number of esters is 1. The Labute approximate surface area is 151 Å². The summed E-state index contributed by atoms with van der Waals surface area (Å²) in [6.45, 7) is 10.1. The summed E-state index contributed by atoms with van der Waals surface area (Å²) < 4.78 is 10.7. The van der Waals surface area contributed by atoms with Gasteiger partial charge in [0.15, 0.2) is 0 Å². The van der Waals surface area contributed by atoms with Crippen LogP contribution in [0.4, 0.5) is 0 Å². The van der Waals surface area contributed by atoms with Crippen molar-refractivity contribution in [2.45, 2.75) is 46.5 Å². The Kier molecular flexibility index (Phi) is 5.56. The molecule has 0 N–H and O–H groups in total. The Balaban J connectivity index is 2.19. The van der Waals surface area contributed by atoms with Crippen LogP contribution in [-0.4, -0.2) is 13.1 Å². The molecule has 0 heterocycles. The van der Waals surface area contributed by atoms with Gasteiger partial charge in [0.2, 0.25) is 0 Å². The first-order valence-electron chi connectivity index (χ1n) is 8.68. The van der Waals surface area contributed by atoms with E-state index in [0.717, 1.165) is 17.7 Å². The predicted octanol–water partition coefficient (Wildman–Crippen LogP) is 5.36. The standard InChI is InChI=1S/C22H28O3/c1-7-21(2,3)20(23)25-19-14-10-17(11-15-19)22(4,5)16-8-12-18(24-6)13-9-16/h8-15H,7H2,1-6H3. The van der Waals surface area contributed by atoms with Crippen molar-refractivity contribution in [1.82, 2.24) is 0 Å². The van der Waals surface area contributed by atoms with Gasteiger partial charge in [-0.1, -0.05) is 45.0 Å². The molecule has 0 unspecified atom stereocenters.